The lowest BCUT2D eigenvalue weighted by atomic mass is 10.2. The summed E-state index contributed by atoms with van der Waals surface area (Å²) in [6.45, 7) is 4.54. The molecule has 2 aromatic carbocycles. The predicted molar refractivity (Wildman–Crippen MR) is 114 cm³/mol. The van der Waals surface area contributed by atoms with Crippen LogP contribution in [0.3, 0.4) is 0 Å². The minimum Gasteiger partial charge on any atom is -0.374 e. The summed E-state index contributed by atoms with van der Waals surface area (Å²) in [6, 6.07) is 16.9. The van der Waals surface area contributed by atoms with Gasteiger partial charge in [0.15, 0.2) is 0 Å². The van der Waals surface area contributed by atoms with Gasteiger partial charge in [0, 0.05) is 37.4 Å². The maximum absolute atomic E-state index is 12.7. The van der Waals surface area contributed by atoms with Crippen LogP contribution in [0.4, 0.5) is 11.4 Å². The van der Waals surface area contributed by atoms with E-state index in [-0.39, 0.29) is 0 Å². The number of aryl methyl sites for hydroxylation is 2. The Morgan fingerprint density at radius 3 is 2.32 bits per heavy atom. The Morgan fingerprint density at radius 2 is 1.64 bits per heavy atom. The van der Waals surface area contributed by atoms with Crippen molar-refractivity contribution in [1.82, 2.24) is 4.98 Å². The molecule has 3 aromatic rings. The highest BCUT2D eigenvalue weighted by molar-refractivity contribution is 7.92. The molecule has 0 atom stereocenters. The number of hydrogen-bond donors (Lipinski definition) is 1. The zero-order valence-electron chi connectivity index (χ0n) is 16.4. The van der Waals surface area contributed by atoms with Crippen LogP contribution in [-0.4, -0.2) is 27.0 Å². The van der Waals surface area contributed by atoms with Crippen LogP contribution in [0, 0.1) is 13.8 Å². The third kappa shape index (κ3) is 4.89. The molecule has 0 aliphatic heterocycles. The average Bonchev–Trinajstić information content (AvgIpc) is 2.69. The first-order chi connectivity index (χ1) is 13.3. The van der Waals surface area contributed by atoms with Gasteiger partial charge >= 0.3 is 0 Å². The first-order valence-electron chi connectivity index (χ1n) is 9.15. The minimum absolute atomic E-state index is 0.311. The number of benzene rings is 2. The molecule has 146 valence electrons. The standard InChI is InChI=1S/C22H25N3O2S/c1-17-4-5-18(2)22(16-17)28(26,27)24-20-6-8-21(9-7-20)25(3)15-12-19-10-13-23-14-11-19/h4-11,13-14,16,24H,12,15H2,1-3H3. The zero-order valence-corrected chi connectivity index (χ0v) is 17.2. The molecule has 0 fully saturated rings. The van der Waals surface area contributed by atoms with Crippen LogP contribution >= 0.6 is 0 Å². The molecule has 0 spiro atoms. The van der Waals surface area contributed by atoms with E-state index in [9.17, 15) is 8.42 Å². The molecule has 1 aromatic heterocycles. The topological polar surface area (TPSA) is 62.3 Å². The molecule has 5 nitrogen and oxygen atoms in total. The van der Waals surface area contributed by atoms with Gasteiger partial charge in [-0.3, -0.25) is 9.71 Å². The van der Waals surface area contributed by atoms with Gasteiger partial charge in [0.25, 0.3) is 10.0 Å². The monoisotopic (exact) mass is 395 g/mol. The SMILES string of the molecule is Cc1ccc(C)c(S(=O)(=O)Nc2ccc(N(C)CCc3ccncc3)cc2)c1. The lowest BCUT2D eigenvalue weighted by Gasteiger charge is -2.20. The van der Waals surface area contributed by atoms with Crippen molar-refractivity contribution in [2.24, 2.45) is 0 Å². The summed E-state index contributed by atoms with van der Waals surface area (Å²) in [5.41, 5.74) is 4.46. The van der Waals surface area contributed by atoms with Crippen LogP contribution in [0.15, 0.2) is 71.9 Å². The highest BCUT2D eigenvalue weighted by atomic mass is 32.2. The second-order valence-corrected chi connectivity index (χ2v) is 8.60. The van der Waals surface area contributed by atoms with E-state index in [1.54, 1.807) is 37.5 Å². The van der Waals surface area contributed by atoms with Crippen molar-refractivity contribution in [3.05, 3.63) is 83.7 Å². The lowest BCUT2D eigenvalue weighted by Crippen LogP contribution is -2.20. The van der Waals surface area contributed by atoms with E-state index >= 15 is 0 Å². The molecular weight excluding hydrogens is 370 g/mol. The number of nitrogens with one attached hydrogen (secondary N) is 1. The van der Waals surface area contributed by atoms with E-state index < -0.39 is 10.0 Å². The van der Waals surface area contributed by atoms with Gasteiger partial charge in [0.05, 0.1) is 4.90 Å². The van der Waals surface area contributed by atoms with Gasteiger partial charge in [-0.2, -0.15) is 0 Å². The van der Waals surface area contributed by atoms with E-state index in [0.29, 0.717) is 10.6 Å². The molecule has 0 amide bonds. The highest BCUT2D eigenvalue weighted by Crippen LogP contribution is 2.22. The number of rotatable bonds is 7. The largest absolute Gasteiger partial charge is 0.374 e. The van der Waals surface area contributed by atoms with Gasteiger partial charge < -0.3 is 4.90 Å². The van der Waals surface area contributed by atoms with E-state index in [2.05, 4.69) is 14.6 Å². The molecule has 0 saturated heterocycles. The van der Waals surface area contributed by atoms with Gasteiger partial charge in [0.1, 0.15) is 0 Å². The third-order valence-corrected chi connectivity index (χ3v) is 6.20. The average molecular weight is 396 g/mol. The molecule has 1 N–H and O–H groups in total. The van der Waals surface area contributed by atoms with Crippen molar-refractivity contribution in [3.8, 4) is 0 Å². The van der Waals surface area contributed by atoms with Crippen LogP contribution in [0.1, 0.15) is 16.7 Å². The molecule has 0 bridgehead atoms. The molecule has 3 rings (SSSR count). The summed E-state index contributed by atoms with van der Waals surface area (Å²) in [6.07, 6.45) is 4.51. The molecule has 1 heterocycles. The molecule has 0 aliphatic rings. The molecule has 6 heteroatoms. The Kier molecular flexibility index (Phi) is 5.99. The highest BCUT2D eigenvalue weighted by Gasteiger charge is 2.17. The van der Waals surface area contributed by atoms with Crippen molar-refractivity contribution in [2.75, 3.05) is 23.2 Å². The number of hydrogen-bond acceptors (Lipinski definition) is 4. The second-order valence-electron chi connectivity index (χ2n) is 6.95. The number of nitrogens with zero attached hydrogens (tertiary/aromatic N) is 2. The van der Waals surface area contributed by atoms with Crippen LogP contribution < -0.4 is 9.62 Å². The summed E-state index contributed by atoms with van der Waals surface area (Å²) in [5.74, 6) is 0. The molecule has 28 heavy (non-hydrogen) atoms. The maximum atomic E-state index is 12.7. The summed E-state index contributed by atoms with van der Waals surface area (Å²) in [7, 11) is -1.59. The zero-order chi connectivity index (χ0) is 20.1. The van der Waals surface area contributed by atoms with Crippen molar-refractivity contribution in [1.29, 1.82) is 0 Å². The second kappa shape index (κ2) is 8.44. The molecular formula is C22H25N3O2S. The van der Waals surface area contributed by atoms with Gasteiger partial charge in [-0.1, -0.05) is 12.1 Å². The number of pyridine rings is 1. The Labute approximate surface area is 167 Å². The fourth-order valence-corrected chi connectivity index (χ4v) is 4.36. The van der Waals surface area contributed by atoms with Crippen LogP contribution in [-0.2, 0) is 16.4 Å². The minimum atomic E-state index is -3.62. The van der Waals surface area contributed by atoms with Crippen molar-refractivity contribution >= 4 is 21.4 Å². The van der Waals surface area contributed by atoms with Gasteiger partial charge in [0.2, 0.25) is 0 Å². The van der Waals surface area contributed by atoms with Crippen LogP contribution in [0.2, 0.25) is 0 Å². The van der Waals surface area contributed by atoms with E-state index in [0.717, 1.165) is 29.8 Å². The number of sulfonamides is 1. The van der Waals surface area contributed by atoms with Gasteiger partial charge in [-0.05, 0) is 79.4 Å². The number of anilines is 2. The van der Waals surface area contributed by atoms with Crippen molar-refractivity contribution in [3.63, 3.8) is 0 Å². The number of likely N-dealkylation sites (N-methyl/N-ethyl adjacent to an activating group) is 1. The summed E-state index contributed by atoms with van der Waals surface area (Å²) < 4.78 is 28.1. The molecule has 0 unspecified atom stereocenters. The third-order valence-electron chi connectivity index (χ3n) is 4.68. The molecule has 0 saturated carbocycles. The Balaban J connectivity index is 1.67. The molecule has 0 aliphatic carbocycles. The summed E-state index contributed by atoms with van der Waals surface area (Å²) in [5, 5.41) is 0. The van der Waals surface area contributed by atoms with Crippen molar-refractivity contribution in [2.45, 2.75) is 25.2 Å². The van der Waals surface area contributed by atoms with Crippen molar-refractivity contribution < 1.29 is 8.42 Å². The van der Waals surface area contributed by atoms with E-state index in [1.807, 2.05) is 50.4 Å². The van der Waals surface area contributed by atoms with E-state index in [1.165, 1.54) is 5.56 Å². The predicted octanol–water partition coefficient (Wildman–Crippen LogP) is 4.18. The Hall–Kier alpha value is -2.86. The fraction of sp³-hybridized carbons (Fsp3) is 0.227. The van der Waals surface area contributed by atoms with E-state index in [4.69, 9.17) is 0 Å². The Morgan fingerprint density at radius 1 is 0.964 bits per heavy atom. The normalized spacial score (nSPS) is 11.2. The summed E-state index contributed by atoms with van der Waals surface area (Å²) in [4.78, 5) is 6.49. The lowest BCUT2D eigenvalue weighted by molar-refractivity contribution is 0.600. The quantitative estimate of drug-likeness (QED) is 0.652. The summed E-state index contributed by atoms with van der Waals surface area (Å²) >= 11 is 0. The van der Waals surface area contributed by atoms with Gasteiger partial charge in [-0.25, -0.2) is 8.42 Å². The van der Waals surface area contributed by atoms with Gasteiger partial charge in [-0.15, -0.1) is 0 Å². The Bertz CT molecular complexity index is 1030. The first kappa shape index (κ1) is 19.9. The fourth-order valence-electron chi connectivity index (χ4n) is 2.97. The smallest absolute Gasteiger partial charge is 0.262 e. The van der Waals surface area contributed by atoms with Crippen LogP contribution in [0.25, 0.3) is 0 Å². The number of aromatic nitrogens is 1. The first-order valence-corrected chi connectivity index (χ1v) is 10.6. The van der Waals surface area contributed by atoms with Crippen LogP contribution in [0.5, 0.6) is 0 Å². The molecule has 0 radical (unpaired) electrons. The maximum Gasteiger partial charge on any atom is 0.262 e.